The van der Waals surface area contributed by atoms with Gasteiger partial charge in [-0.05, 0) is 60.6 Å². The zero-order valence-electron chi connectivity index (χ0n) is 14.0. The van der Waals surface area contributed by atoms with Gasteiger partial charge in [0.25, 0.3) is 0 Å². The monoisotopic (exact) mass is 296 g/mol. The number of hydrogen-bond donors (Lipinski definition) is 2. The lowest BCUT2D eigenvalue weighted by Gasteiger charge is -2.35. The summed E-state index contributed by atoms with van der Waals surface area (Å²) in [6.07, 6.45) is 3.39. The zero-order valence-corrected chi connectivity index (χ0v) is 14.0. The van der Waals surface area contributed by atoms with Gasteiger partial charge in [-0.1, -0.05) is 45.0 Å². The average Bonchev–Trinajstić information content (AvgIpc) is 2.51. The van der Waals surface area contributed by atoms with Crippen molar-refractivity contribution in [2.75, 3.05) is 11.5 Å². The second kappa shape index (κ2) is 6.87. The zero-order chi connectivity index (χ0) is 16.2. The first-order valence-electron chi connectivity index (χ1n) is 8.20. The molecule has 2 nitrogen and oxygen atoms in total. The molecule has 2 heteroatoms. The molecule has 0 aliphatic rings. The summed E-state index contributed by atoms with van der Waals surface area (Å²) in [5, 5.41) is 0. The Morgan fingerprint density at radius 2 is 1.23 bits per heavy atom. The van der Waals surface area contributed by atoms with Crippen LogP contribution in [-0.2, 0) is 5.41 Å². The van der Waals surface area contributed by atoms with E-state index >= 15 is 0 Å². The summed E-state index contributed by atoms with van der Waals surface area (Å²) in [5.74, 6) is 0.688. The highest BCUT2D eigenvalue weighted by Gasteiger charge is 2.32. The van der Waals surface area contributed by atoms with Crippen LogP contribution in [0.25, 0.3) is 0 Å². The first kappa shape index (κ1) is 16.4. The maximum atomic E-state index is 5.88. The van der Waals surface area contributed by atoms with E-state index in [-0.39, 0.29) is 5.41 Å². The van der Waals surface area contributed by atoms with Crippen molar-refractivity contribution in [3.8, 4) is 0 Å². The van der Waals surface area contributed by atoms with Crippen molar-refractivity contribution in [3.63, 3.8) is 0 Å². The summed E-state index contributed by atoms with van der Waals surface area (Å²) in [6.45, 7) is 6.84. The van der Waals surface area contributed by atoms with E-state index in [0.29, 0.717) is 5.92 Å². The van der Waals surface area contributed by atoms with Crippen LogP contribution in [0.2, 0.25) is 0 Å². The fourth-order valence-corrected chi connectivity index (χ4v) is 3.18. The van der Waals surface area contributed by atoms with Crippen molar-refractivity contribution >= 4 is 11.4 Å². The number of rotatable bonds is 6. The Labute approximate surface area is 134 Å². The third-order valence-corrected chi connectivity index (χ3v) is 4.68. The molecule has 0 aliphatic carbocycles. The Morgan fingerprint density at radius 3 is 1.55 bits per heavy atom. The molecule has 2 rings (SSSR count). The van der Waals surface area contributed by atoms with Crippen LogP contribution < -0.4 is 11.5 Å². The second-order valence-corrected chi connectivity index (χ2v) is 6.61. The molecule has 0 radical (unpaired) electrons. The fraction of sp³-hybridized carbons (Fsp3) is 0.400. The van der Waals surface area contributed by atoms with E-state index < -0.39 is 0 Å². The molecule has 0 atom stereocenters. The summed E-state index contributed by atoms with van der Waals surface area (Å²) in [7, 11) is 0. The van der Waals surface area contributed by atoms with Crippen molar-refractivity contribution < 1.29 is 0 Å². The lowest BCUT2D eigenvalue weighted by atomic mass is 9.68. The van der Waals surface area contributed by atoms with E-state index in [4.69, 9.17) is 11.5 Å². The molecule has 0 heterocycles. The molecule has 22 heavy (non-hydrogen) atoms. The van der Waals surface area contributed by atoms with E-state index in [1.54, 1.807) is 0 Å². The normalized spacial score (nSPS) is 11.8. The van der Waals surface area contributed by atoms with Crippen LogP contribution in [0.3, 0.4) is 0 Å². The van der Waals surface area contributed by atoms with Gasteiger partial charge in [0.2, 0.25) is 0 Å². The van der Waals surface area contributed by atoms with Crippen molar-refractivity contribution in [2.45, 2.75) is 45.4 Å². The first-order valence-corrected chi connectivity index (χ1v) is 8.20. The lowest BCUT2D eigenvalue weighted by Crippen LogP contribution is -2.27. The Bertz CT molecular complexity index is 537. The van der Waals surface area contributed by atoms with Crippen LogP contribution >= 0.6 is 0 Å². The molecular weight excluding hydrogens is 268 g/mol. The molecule has 4 N–H and O–H groups in total. The third-order valence-electron chi connectivity index (χ3n) is 4.68. The molecule has 0 saturated carbocycles. The summed E-state index contributed by atoms with van der Waals surface area (Å²) in [6, 6.07) is 16.7. The molecule has 2 aromatic carbocycles. The van der Waals surface area contributed by atoms with Crippen LogP contribution in [0.15, 0.2) is 48.5 Å². The largest absolute Gasteiger partial charge is 0.399 e. The molecule has 0 spiro atoms. The van der Waals surface area contributed by atoms with E-state index in [9.17, 15) is 0 Å². The average molecular weight is 296 g/mol. The molecule has 0 aliphatic heterocycles. The summed E-state index contributed by atoms with van der Waals surface area (Å²) >= 11 is 0. The second-order valence-electron chi connectivity index (χ2n) is 6.61. The van der Waals surface area contributed by atoms with Gasteiger partial charge in [-0.25, -0.2) is 0 Å². The van der Waals surface area contributed by atoms with Gasteiger partial charge >= 0.3 is 0 Å². The van der Waals surface area contributed by atoms with Crippen LogP contribution in [0.1, 0.15) is 51.2 Å². The summed E-state index contributed by atoms with van der Waals surface area (Å²) in [5.41, 5.74) is 16.1. The minimum absolute atomic E-state index is 0.0334. The number of hydrogen-bond acceptors (Lipinski definition) is 2. The standard InChI is InChI=1S/C20H28N2/c1-4-20(14-13-15(2)3,16-5-9-18(21)10-6-16)17-7-11-19(22)12-8-17/h5-12,15H,4,13-14,21-22H2,1-3H3. The number of anilines is 2. The van der Waals surface area contributed by atoms with Crippen LogP contribution in [0, 0.1) is 5.92 Å². The van der Waals surface area contributed by atoms with Gasteiger partial charge in [-0.2, -0.15) is 0 Å². The molecule has 118 valence electrons. The minimum Gasteiger partial charge on any atom is -0.399 e. The van der Waals surface area contributed by atoms with E-state index in [1.165, 1.54) is 17.5 Å². The molecule has 2 aromatic rings. The number of nitrogens with two attached hydrogens (primary N) is 2. The van der Waals surface area contributed by atoms with E-state index in [2.05, 4.69) is 45.0 Å². The highest BCUT2D eigenvalue weighted by molar-refractivity contribution is 5.48. The quantitative estimate of drug-likeness (QED) is 0.738. The van der Waals surface area contributed by atoms with Gasteiger partial charge in [0, 0.05) is 16.8 Å². The van der Waals surface area contributed by atoms with Crippen molar-refractivity contribution in [3.05, 3.63) is 59.7 Å². The molecule has 0 bridgehead atoms. The van der Waals surface area contributed by atoms with Gasteiger partial charge in [-0.3, -0.25) is 0 Å². The third kappa shape index (κ3) is 3.44. The molecule has 0 aromatic heterocycles. The molecule has 0 unspecified atom stereocenters. The van der Waals surface area contributed by atoms with Gasteiger partial charge in [-0.15, -0.1) is 0 Å². The fourth-order valence-electron chi connectivity index (χ4n) is 3.18. The van der Waals surface area contributed by atoms with Gasteiger partial charge in [0.15, 0.2) is 0 Å². The Balaban J connectivity index is 2.50. The lowest BCUT2D eigenvalue weighted by molar-refractivity contribution is 0.401. The maximum Gasteiger partial charge on any atom is 0.0314 e. The van der Waals surface area contributed by atoms with Crippen LogP contribution in [0.4, 0.5) is 11.4 Å². The van der Waals surface area contributed by atoms with Gasteiger partial charge < -0.3 is 11.5 Å². The highest BCUT2D eigenvalue weighted by Crippen LogP contribution is 2.41. The SMILES string of the molecule is CCC(CCC(C)C)(c1ccc(N)cc1)c1ccc(N)cc1. The van der Waals surface area contributed by atoms with Gasteiger partial charge in [0.1, 0.15) is 0 Å². The molecule has 0 saturated heterocycles. The number of nitrogen functional groups attached to an aromatic ring is 2. The van der Waals surface area contributed by atoms with Crippen molar-refractivity contribution in [1.29, 1.82) is 0 Å². The maximum absolute atomic E-state index is 5.88. The predicted octanol–water partition coefficient (Wildman–Crippen LogP) is 4.98. The number of benzene rings is 2. The smallest absolute Gasteiger partial charge is 0.0314 e. The molecule has 0 amide bonds. The van der Waals surface area contributed by atoms with E-state index in [0.717, 1.165) is 24.2 Å². The van der Waals surface area contributed by atoms with Crippen LogP contribution in [0.5, 0.6) is 0 Å². The minimum atomic E-state index is 0.0334. The highest BCUT2D eigenvalue weighted by atomic mass is 14.5. The Morgan fingerprint density at radius 1 is 0.818 bits per heavy atom. The van der Waals surface area contributed by atoms with Crippen LogP contribution in [-0.4, -0.2) is 0 Å². The molecular formula is C20H28N2. The Hall–Kier alpha value is -1.96. The predicted molar refractivity (Wildman–Crippen MR) is 96.9 cm³/mol. The van der Waals surface area contributed by atoms with Crippen molar-refractivity contribution in [1.82, 2.24) is 0 Å². The first-order chi connectivity index (χ1) is 10.5. The van der Waals surface area contributed by atoms with E-state index in [1.807, 2.05) is 24.3 Å². The molecule has 0 fully saturated rings. The Kier molecular flexibility index (Phi) is 5.12. The summed E-state index contributed by atoms with van der Waals surface area (Å²) in [4.78, 5) is 0. The topological polar surface area (TPSA) is 52.0 Å². The summed E-state index contributed by atoms with van der Waals surface area (Å²) < 4.78 is 0. The van der Waals surface area contributed by atoms with Gasteiger partial charge in [0.05, 0.1) is 0 Å². The van der Waals surface area contributed by atoms with Crippen molar-refractivity contribution in [2.24, 2.45) is 5.92 Å².